The topological polar surface area (TPSA) is 68.0 Å². The van der Waals surface area contributed by atoms with Crippen LogP contribution in [0.1, 0.15) is 12.5 Å². The van der Waals surface area contributed by atoms with Crippen molar-refractivity contribution in [3.63, 3.8) is 0 Å². The average molecular weight is 375 g/mol. The number of carbonyl (C=O) groups excluding carboxylic acids is 1. The van der Waals surface area contributed by atoms with Crippen molar-refractivity contribution in [2.75, 3.05) is 0 Å². The number of carbonyl (C=O) groups is 1. The van der Waals surface area contributed by atoms with E-state index >= 15 is 0 Å². The molecule has 0 spiro atoms. The fourth-order valence-electron chi connectivity index (χ4n) is 2.11. The van der Waals surface area contributed by atoms with Crippen LogP contribution in [0.15, 0.2) is 58.2 Å². The summed E-state index contributed by atoms with van der Waals surface area (Å²) >= 11 is 1.12. The van der Waals surface area contributed by atoms with Crippen LogP contribution in [0.25, 0.3) is 11.5 Å². The molecule has 5 nitrogen and oxygen atoms in total. The number of nitrogens with one attached hydrogen (secondary N) is 1. The van der Waals surface area contributed by atoms with Crippen molar-refractivity contribution in [3.8, 4) is 11.5 Å². The summed E-state index contributed by atoms with van der Waals surface area (Å²) in [6.07, 6.45) is 0. The Kier molecular flexibility index (Phi) is 5.62. The first-order valence-corrected chi connectivity index (χ1v) is 8.67. The third kappa shape index (κ3) is 4.66. The van der Waals surface area contributed by atoms with E-state index in [1.54, 1.807) is 19.1 Å². The van der Waals surface area contributed by atoms with Gasteiger partial charge >= 0.3 is 0 Å². The second kappa shape index (κ2) is 8.09. The van der Waals surface area contributed by atoms with E-state index in [9.17, 15) is 13.6 Å². The zero-order valence-corrected chi connectivity index (χ0v) is 14.6. The summed E-state index contributed by atoms with van der Waals surface area (Å²) in [6, 6.07) is 11.6. The molecule has 1 atom stereocenters. The first kappa shape index (κ1) is 18.1. The summed E-state index contributed by atoms with van der Waals surface area (Å²) in [4.78, 5) is 12.2. The SMILES string of the molecule is C[C@@H](Sc1nnc(-c2ccc(F)cc2)o1)C(=O)NCc1ccc(F)cc1. The van der Waals surface area contributed by atoms with E-state index < -0.39 is 5.25 Å². The summed E-state index contributed by atoms with van der Waals surface area (Å²) in [5.74, 6) is -0.626. The molecule has 0 aliphatic heterocycles. The number of rotatable bonds is 6. The molecule has 134 valence electrons. The first-order valence-electron chi connectivity index (χ1n) is 7.79. The fraction of sp³-hybridized carbons (Fsp3) is 0.167. The number of aromatic nitrogens is 2. The van der Waals surface area contributed by atoms with E-state index in [1.807, 2.05) is 0 Å². The number of hydrogen-bond donors (Lipinski definition) is 1. The lowest BCUT2D eigenvalue weighted by Gasteiger charge is -2.09. The molecular weight excluding hydrogens is 360 g/mol. The summed E-state index contributed by atoms with van der Waals surface area (Å²) in [5.41, 5.74) is 1.40. The van der Waals surface area contributed by atoms with Gasteiger partial charge in [0.05, 0.1) is 5.25 Å². The van der Waals surface area contributed by atoms with Gasteiger partial charge in [-0.05, 0) is 48.9 Å². The molecule has 3 rings (SSSR count). The van der Waals surface area contributed by atoms with E-state index in [4.69, 9.17) is 4.42 Å². The maximum absolute atomic E-state index is 12.9. The molecule has 0 aliphatic rings. The monoisotopic (exact) mass is 375 g/mol. The summed E-state index contributed by atoms with van der Waals surface area (Å²) in [5, 5.41) is 10.4. The summed E-state index contributed by atoms with van der Waals surface area (Å²) in [7, 11) is 0. The van der Waals surface area contributed by atoms with Crippen LogP contribution in [0.3, 0.4) is 0 Å². The van der Waals surface area contributed by atoms with Gasteiger partial charge in [0.1, 0.15) is 11.6 Å². The zero-order valence-electron chi connectivity index (χ0n) is 13.8. The molecule has 26 heavy (non-hydrogen) atoms. The number of halogens is 2. The molecule has 0 radical (unpaired) electrons. The zero-order chi connectivity index (χ0) is 18.5. The molecule has 0 saturated carbocycles. The Bertz CT molecular complexity index is 882. The van der Waals surface area contributed by atoms with E-state index in [0.717, 1.165) is 17.3 Å². The Balaban J connectivity index is 1.55. The molecule has 0 unspecified atom stereocenters. The molecule has 0 aliphatic carbocycles. The Morgan fingerprint density at radius 1 is 1.08 bits per heavy atom. The Morgan fingerprint density at radius 2 is 1.69 bits per heavy atom. The van der Waals surface area contributed by atoms with Crippen LogP contribution in [0, 0.1) is 11.6 Å². The molecule has 1 N–H and O–H groups in total. The third-order valence-electron chi connectivity index (χ3n) is 3.52. The van der Waals surface area contributed by atoms with Crippen molar-refractivity contribution in [1.82, 2.24) is 15.5 Å². The van der Waals surface area contributed by atoms with E-state index in [2.05, 4.69) is 15.5 Å². The first-order chi connectivity index (χ1) is 12.5. The van der Waals surface area contributed by atoms with Crippen LogP contribution >= 0.6 is 11.8 Å². The van der Waals surface area contributed by atoms with Gasteiger partial charge in [0, 0.05) is 12.1 Å². The standard InChI is InChI=1S/C18H15F2N3O2S/c1-11(16(24)21-10-12-2-6-14(19)7-3-12)26-18-23-22-17(25-18)13-4-8-15(20)9-5-13/h2-9,11H,10H2,1H3,(H,21,24)/t11-/m1/s1. The number of hydrogen-bond acceptors (Lipinski definition) is 5. The van der Waals surface area contributed by atoms with Gasteiger partial charge in [-0.1, -0.05) is 23.9 Å². The van der Waals surface area contributed by atoms with E-state index in [-0.39, 0.29) is 28.7 Å². The lowest BCUT2D eigenvalue weighted by molar-refractivity contribution is -0.120. The molecule has 1 aromatic heterocycles. The van der Waals surface area contributed by atoms with Crippen molar-refractivity contribution in [2.45, 2.75) is 23.9 Å². The predicted molar refractivity (Wildman–Crippen MR) is 93.3 cm³/mol. The summed E-state index contributed by atoms with van der Waals surface area (Å²) < 4.78 is 31.3. The smallest absolute Gasteiger partial charge is 0.277 e. The van der Waals surface area contributed by atoms with E-state index in [0.29, 0.717) is 12.1 Å². The quantitative estimate of drug-likeness (QED) is 0.664. The number of amides is 1. The predicted octanol–water partition coefficient (Wildman–Crippen LogP) is 3.81. The van der Waals surface area contributed by atoms with Gasteiger partial charge in [-0.15, -0.1) is 10.2 Å². The summed E-state index contributed by atoms with van der Waals surface area (Å²) in [6.45, 7) is 2.01. The van der Waals surface area contributed by atoms with Gasteiger partial charge in [-0.25, -0.2) is 8.78 Å². The van der Waals surface area contributed by atoms with Gasteiger partial charge in [0.2, 0.25) is 11.8 Å². The highest BCUT2D eigenvalue weighted by atomic mass is 32.2. The molecule has 0 fully saturated rings. The molecule has 1 amide bonds. The molecule has 3 aromatic rings. The van der Waals surface area contributed by atoms with Crippen molar-refractivity contribution in [2.24, 2.45) is 0 Å². The Morgan fingerprint density at radius 3 is 2.35 bits per heavy atom. The highest BCUT2D eigenvalue weighted by molar-refractivity contribution is 8.00. The van der Waals surface area contributed by atoms with Crippen LogP contribution in [0.5, 0.6) is 0 Å². The maximum Gasteiger partial charge on any atom is 0.277 e. The molecule has 0 bridgehead atoms. The highest BCUT2D eigenvalue weighted by Gasteiger charge is 2.18. The second-order valence-corrected chi connectivity index (χ2v) is 6.78. The average Bonchev–Trinajstić information content (AvgIpc) is 3.10. The lowest BCUT2D eigenvalue weighted by Crippen LogP contribution is -2.30. The number of benzene rings is 2. The van der Waals surface area contributed by atoms with E-state index in [1.165, 1.54) is 36.4 Å². The molecule has 2 aromatic carbocycles. The molecule has 0 saturated heterocycles. The van der Waals surface area contributed by atoms with Crippen molar-refractivity contribution in [1.29, 1.82) is 0 Å². The Labute approximate surface area is 152 Å². The van der Waals surface area contributed by atoms with Gasteiger partial charge < -0.3 is 9.73 Å². The number of nitrogens with zero attached hydrogens (tertiary/aromatic N) is 2. The van der Waals surface area contributed by atoms with Crippen molar-refractivity contribution < 1.29 is 18.0 Å². The van der Waals surface area contributed by atoms with Gasteiger partial charge in [-0.2, -0.15) is 0 Å². The fourth-order valence-corrected chi connectivity index (χ4v) is 2.81. The van der Waals surface area contributed by atoms with Gasteiger partial charge in [0.15, 0.2) is 0 Å². The second-order valence-electron chi connectivity index (χ2n) is 5.48. The Hall–Kier alpha value is -2.74. The third-order valence-corrected chi connectivity index (χ3v) is 4.46. The van der Waals surface area contributed by atoms with Gasteiger partial charge in [0.25, 0.3) is 5.22 Å². The molecular formula is C18H15F2N3O2S. The van der Waals surface area contributed by atoms with Crippen LogP contribution in [-0.2, 0) is 11.3 Å². The minimum absolute atomic E-state index is 0.208. The normalized spacial score (nSPS) is 12.0. The number of thioether (sulfide) groups is 1. The maximum atomic E-state index is 12.9. The van der Waals surface area contributed by atoms with Crippen molar-refractivity contribution in [3.05, 3.63) is 65.7 Å². The van der Waals surface area contributed by atoms with Crippen LogP contribution < -0.4 is 5.32 Å². The van der Waals surface area contributed by atoms with Gasteiger partial charge in [-0.3, -0.25) is 4.79 Å². The van der Waals surface area contributed by atoms with Crippen molar-refractivity contribution >= 4 is 17.7 Å². The van der Waals surface area contributed by atoms with Crippen LogP contribution in [-0.4, -0.2) is 21.4 Å². The molecule has 8 heteroatoms. The minimum Gasteiger partial charge on any atom is -0.411 e. The lowest BCUT2D eigenvalue weighted by atomic mass is 10.2. The molecule has 1 heterocycles. The van der Waals surface area contributed by atoms with Crippen LogP contribution in [0.4, 0.5) is 8.78 Å². The minimum atomic E-state index is -0.461. The van der Waals surface area contributed by atoms with Crippen LogP contribution in [0.2, 0.25) is 0 Å². The highest BCUT2D eigenvalue weighted by Crippen LogP contribution is 2.26. The largest absolute Gasteiger partial charge is 0.411 e.